The topological polar surface area (TPSA) is 109 Å². The first-order valence-electron chi connectivity index (χ1n) is 6.14. The molecule has 5 N–H and O–H groups in total. The number of nitrogen functional groups attached to an aromatic ring is 1. The summed E-state index contributed by atoms with van der Waals surface area (Å²) < 4.78 is 0. The maximum absolute atomic E-state index is 11.9. The second kappa shape index (κ2) is 5.66. The van der Waals surface area contributed by atoms with Crippen LogP contribution in [0, 0.1) is 0 Å². The maximum Gasteiger partial charge on any atom is 0.253 e. The summed E-state index contributed by atoms with van der Waals surface area (Å²) in [5, 5.41) is 5.46. The Morgan fingerprint density at radius 1 is 1.42 bits per heavy atom. The fourth-order valence-electron chi connectivity index (χ4n) is 1.51. The van der Waals surface area contributed by atoms with E-state index in [1.54, 1.807) is 19.1 Å². The van der Waals surface area contributed by atoms with E-state index in [9.17, 15) is 9.59 Å². The van der Waals surface area contributed by atoms with Gasteiger partial charge in [0, 0.05) is 12.2 Å². The van der Waals surface area contributed by atoms with Crippen LogP contribution in [-0.4, -0.2) is 28.9 Å². The molecular weight excluding hydrogens is 246 g/mol. The molecule has 1 aliphatic carbocycles. The Balaban J connectivity index is 1.89. The van der Waals surface area contributed by atoms with Gasteiger partial charge in [-0.25, -0.2) is 10.8 Å². The lowest BCUT2D eigenvalue weighted by Gasteiger charge is -2.13. The Kier molecular flexibility index (Phi) is 3.96. The van der Waals surface area contributed by atoms with Crippen molar-refractivity contribution in [3.63, 3.8) is 0 Å². The van der Waals surface area contributed by atoms with Crippen LogP contribution in [0.1, 0.15) is 30.1 Å². The number of amides is 2. The molecule has 0 radical (unpaired) electrons. The molecule has 1 atom stereocenters. The first-order valence-corrected chi connectivity index (χ1v) is 6.14. The lowest BCUT2D eigenvalue weighted by atomic mass is 10.2. The first-order chi connectivity index (χ1) is 9.10. The smallest absolute Gasteiger partial charge is 0.253 e. The van der Waals surface area contributed by atoms with Crippen LogP contribution < -0.4 is 21.9 Å². The average molecular weight is 263 g/mol. The molecule has 1 aromatic rings. The minimum Gasteiger partial charge on any atom is -0.352 e. The number of aromatic nitrogens is 1. The summed E-state index contributed by atoms with van der Waals surface area (Å²) in [6.45, 7) is 1.65. The fraction of sp³-hybridized carbons (Fsp3) is 0.417. The Morgan fingerprint density at radius 2 is 2.16 bits per heavy atom. The third-order valence-corrected chi connectivity index (χ3v) is 2.84. The van der Waals surface area contributed by atoms with Crippen molar-refractivity contribution in [3.05, 3.63) is 23.9 Å². The summed E-state index contributed by atoms with van der Waals surface area (Å²) in [6.07, 6.45) is 3.43. The number of carbonyl (C=O) groups excluding carboxylic acids is 2. The number of nitrogens with zero attached hydrogens (tertiary/aromatic N) is 1. The average Bonchev–Trinajstić information content (AvgIpc) is 3.22. The third kappa shape index (κ3) is 3.65. The molecule has 2 amide bonds. The Labute approximate surface area is 110 Å². The molecule has 1 saturated carbocycles. The van der Waals surface area contributed by atoms with E-state index < -0.39 is 6.04 Å². The van der Waals surface area contributed by atoms with Crippen molar-refractivity contribution in [1.29, 1.82) is 0 Å². The summed E-state index contributed by atoms with van der Waals surface area (Å²) >= 11 is 0. The van der Waals surface area contributed by atoms with E-state index in [2.05, 4.69) is 21.0 Å². The van der Waals surface area contributed by atoms with Crippen LogP contribution in [-0.2, 0) is 4.79 Å². The largest absolute Gasteiger partial charge is 0.352 e. The second-order valence-corrected chi connectivity index (χ2v) is 4.55. The number of carbonyl (C=O) groups is 2. The van der Waals surface area contributed by atoms with E-state index in [4.69, 9.17) is 5.84 Å². The van der Waals surface area contributed by atoms with E-state index in [-0.39, 0.29) is 17.9 Å². The summed E-state index contributed by atoms with van der Waals surface area (Å²) in [5.41, 5.74) is 2.75. The normalized spacial score (nSPS) is 15.5. The molecule has 0 bridgehead atoms. The highest BCUT2D eigenvalue weighted by molar-refractivity contribution is 5.97. The van der Waals surface area contributed by atoms with Crippen LogP contribution >= 0.6 is 0 Å². The van der Waals surface area contributed by atoms with E-state index in [1.807, 2.05) is 0 Å². The van der Waals surface area contributed by atoms with Crippen molar-refractivity contribution in [2.75, 3.05) is 5.43 Å². The van der Waals surface area contributed by atoms with Gasteiger partial charge in [0.25, 0.3) is 5.91 Å². The quantitative estimate of drug-likeness (QED) is 0.433. The third-order valence-electron chi connectivity index (χ3n) is 2.84. The molecule has 19 heavy (non-hydrogen) atoms. The number of pyridine rings is 1. The zero-order chi connectivity index (χ0) is 13.8. The van der Waals surface area contributed by atoms with Crippen LogP contribution in [0.2, 0.25) is 0 Å². The molecular formula is C12H17N5O2. The lowest BCUT2D eigenvalue weighted by molar-refractivity contribution is -0.122. The summed E-state index contributed by atoms with van der Waals surface area (Å²) in [4.78, 5) is 27.5. The monoisotopic (exact) mass is 263 g/mol. The Morgan fingerprint density at radius 3 is 2.68 bits per heavy atom. The SMILES string of the molecule is CC(NC(=O)c1ccc(NN)nc1)C(=O)NC1CC1. The number of nitrogens with one attached hydrogen (secondary N) is 3. The molecule has 0 saturated heterocycles. The van der Waals surface area contributed by atoms with Crippen molar-refractivity contribution in [1.82, 2.24) is 15.6 Å². The van der Waals surface area contributed by atoms with Gasteiger partial charge in [0.1, 0.15) is 11.9 Å². The summed E-state index contributed by atoms with van der Waals surface area (Å²) in [5.74, 6) is 5.15. The zero-order valence-corrected chi connectivity index (χ0v) is 10.6. The molecule has 1 heterocycles. The highest BCUT2D eigenvalue weighted by Gasteiger charge is 2.26. The van der Waals surface area contributed by atoms with Crippen LogP contribution in [0.4, 0.5) is 5.82 Å². The van der Waals surface area contributed by atoms with Gasteiger partial charge >= 0.3 is 0 Å². The molecule has 102 valence electrons. The van der Waals surface area contributed by atoms with Crippen molar-refractivity contribution >= 4 is 17.6 Å². The Hall–Kier alpha value is -2.15. The number of rotatable bonds is 5. The van der Waals surface area contributed by atoms with Crippen LogP contribution in [0.15, 0.2) is 18.3 Å². The number of hydrogen-bond acceptors (Lipinski definition) is 5. The second-order valence-electron chi connectivity index (χ2n) is 4.55. The van der Waals surface area contributed by atoms with Crippen LogP contribution in [0.5, 0.6) is 0 Å². The lowest BCUT2D eigenvalue weighted by Crippen LogP contribution is -2.45. The molecule has 7 heteroatoms. The van der Waals surface area contributed by atoms with Gasteiger partial charge in [0.15, 0.2) is 0 Å². The van der Waals surface area contributed by atoms with Gasteiger partial charge < -0.3 is 16.1 Å². The minimum atomic E-state index is -0.569. The number of hydrogen-bond donors (Lipinski definition) is 4. The number of hydrazine groups is 1. The molecule has 0 aliphatic heterocycles. The molecule has 1 aliphatic rings. The molecule has 2 rings (SSSR count). The van der Waals surface area contributed by atoms with E-state index >= 15 is 0 Å². The van der Waals surface area contributed by atoms with Gasteiger partial charge in [-0.05, 0) is 31.9 Å². The predicted molar refractivity (Wildman–Crippen MR) is 70.1 cm³/mol. The number of nitrogens with two attached hydrogens (primary N) is 1. The van der Waals surface area contributed by atoms with Crippen molar-refractivity contribution < 1.29 is 9.59 Å². The standard InChI is InChI=1S/C12H17N5O2/c1-7(11(18)16-9-3-4-9)15-12(19)8-2-5-10(17-13)14-6-8/h2,5-7,9H,3-4,13H2,1H3,(H,14,17)(H,15,19)(H,16,18). The van der Waals surface area contributed by atoms with Gasteiger partial charge in [-0.1, -0.05) is 0 Å². The fourth-order valence-corrected chi connectivity index (χ4v) is 1.51. The molecule has 7 nitrogen and oxygen atoms in total. The molecule has 1 unspecified atom stereocenters. The highest BCUT2D eigenvalue weighted by atomic mass is 16.2. The van der Waals surface area contributed by atoms with E-state index in [0.717, 1.165) is 12.8 Å². The van der Waals surface area contributed by atoms with Crippen LogP contribution in [0.3, 0.4) is 0 Å². The molecule has 1 aromatic heterocycles. The van der Waals surface area contributed by atoms with Gasteiger partial charge in [-0.2, -0.15) is 0 Å². The molecule has 0 aromatic carbocycles. The van der Waals surface area contributed by atoms with Crippen molar-refractivity contribution in [2.45, 2.75) is 31.8 Å². The van der Waals surface area contributed by atoms with Crippen molar-refractivity contribution in [3.8, 4) is 0 Å². The zero-order valence-electron chi connectivity index (χ0n) is 10.6. The van der Waals surface area contributed by atoms with Crippen LogP contribution in [0.25, 0.3) is 0 Å². The van der Waals surface area contributed by atoms with E-state index in [1.165, 1.54) is 6.20 Å². The molecule has 0 spiro atoms. The van der Waals surface area contributed by atoms with Gasteiger partial charge in [0.05, 0.1) is 5.56 Å². The number of anilines is 1. The molecule has 1 fully saturated rings. The van der Waals surface area contributed by atoms with Gasteiger partial charge in [-0.15, -0.1) is 0 Å². The summed E-state index contributed by atoms with van der Waals surface area (Å²) in [6, 6.07) is 2.89. The minimum absolute atomic E-state index is 0.163. The Bertz CT molecular complexity index is 470. The van der Waals surface area contributed by atoms with Crippen molar-refractivity contribution in [2.24, 2.45) is 5.84 Å². The van der Waals surface area contributed by atoms with E-state index in [0.29, 0.717) is 11.4 Å². The predicted octanol–water partition coefficient (Wildman–Crippen LogP) is -0.236. The van der Waals surface area contributed by atoms with Gasteiger partial charge in [-0.3, -0.25) is 9.59 Å². The van der Waals surface area contributed by atoms with Gasteiger partial charge in [0.2, 0.25) is 5.91 Å². The summed E-state index contributed by atoms with van der Waals surface area (Å²) in [7, 11) is 0. The highest BCUT2D eigenvalue weighted by Crippen LogP contribution is 2.18. The first kappa shape index (κ1) is 13.3. The maximum atomic E-state index is 11.9.